The van der Waals surface area contributed by atoms with E-state index in [1.807, 2.05) is 0 Å². The van der Waals surface area contributed by atoms with Crippen LogP contribution in [0.25, 0.3) is 0 Å². The van der Waals surface area contributed by atoms with Crippen molar-refractivity contribution in [3.05, 3.63) is 15.3 Å². The van der Waals surface area contributed by atoms with Crippen molar-refractivity contribution in [2.24, 2.45) is 0 Å². The van der Waals surface area contributed by atoms with Crippen LogP contribution in [0.4, 0.5) is 0 Å². The van der Waals surface area contributed by atoms with Gasteiger partial charge in [-0.1, -0.05) is 0 Å². The van der Waals surface area contributed by atoms with E-state index in [1.54, 1.807) is 0 Å². The first kappa shape index (κ1) is 16.4. The molecule has 0 aromatic heterocycles. The largest absolute Gasteiger partial charge is 3.00 e. The van der Waals surface area contributed by atoms with Crippen molar-refractivity contribution in [2.45, 2.75) is 0 Å². The third-order valence-corrected chi connectivity index (χ3v) is 0. The topological polar surface area (TPSA) is 129 Å². The number of hydrogen-bond donors (Lipinski definition) is 0. The van der Waals surface area contributed by atoms with Crippen molar-refractivity contribution in [2.75, 3.05) is 0 Å². The van der Waals surface area contributed by atoms with E-state index in [0.29, 0.717) is 0 Å². The summed E-state index contributed by atoms with van der Waals surface area (Å²) in [4.78, 5) is 8.25. The Kier molecular flexibility index (Phi) is 21.0. The van der Waals surface area contributed by atoms with Gasteiger partial charge in [-0.15, -0.1) is 0 Å². The number of hydrogen-bond acceptors (Lipinski definition) is 6. The Bertz CT molecular complexity index is 71.1. The van der Waals surface area contributed by atoms with Gasteiger partial charge in [0.1, 0.15) is 0 Å². The molecular formula is GdNO6Se. The summed E-state index contributed by atoms with van der Waals surface area (Å²) in [7, 11) is 0. The van der Waals surface area contributed by atoms with Crippen LogP contribution in [-0.2, 0) is 3.83 Å². The Morgan fingerprint density at radius 2 is 1.22 bits per heavy atom. The minimum atomic E-state index is -3.79. The van der Waals surface area contributed by atoms with Crippen molar-refractivity contribution in [3.63, 3.8) is 0 Å². The normalized spacial score (nSPS) is 6.56. The second kappa shape index (κ2) is 11.5. The predicted molar refractivity (Wildman–Crippen MR) is 16.8 cm³/mol. The van der Waals surface area contributed by atoms with Crippen molar-refractivity contribution in [1.82, 2.24) is 0 Å². The SMILES string of the molecule is O=[N+]([O-])[O-].O=[Se]([O-])[O-].[Gd+3]. The minimum absolute atomic E-state index is 0. The molecule has 0 unspecified atom stereocenters. The van der Waals surface area contributed by atoms with Gasteiger partial charge < -0.3 is 15.3 Å². The van der Waals surface area contributed by atoms with E-state index in [1.165, 1.54) is 0 Å². The molecule has 0 rings (SSSR count). The summed E-state index contributed by atoms with van der Waals surface area (Å²) in [5.74, 6) is 0. The van der Waals surface area contributed by atoms with Crippen LogP contribution >= 0.6 is 0 Å². The van der Waals surface area contributed by atoms with Crippen LogP contribution in [0.3, 0.4) is 0 Å². The van der Waals surface area contributed by atoms with Gasteiger partial charge >= 0.3 is 66.6 Å². The average molecular weight is 346 g/mol. The van der Waals surface area contributed by atoms with Crippen LogP contribution in [0.5, 0.6) is 0 Å². The van der Waals surface area contributed by atoms with Gasteiger partial charge in [-0.3, -0.25) is 0 Å². The predicted octanol–water partition coefficient (Wildman–Crippen LogP) is -3.12. The van der Waals surface area contributed by atoms with E-state index in [9.17, 15) is 0 Å². The Morgan fingerprint density at radius 1 is 1.22 bits per heavy atom. The monoisotopic (exact) mass is 348 g/mol. The van der Waals surface area contributed by atoms with E-state index < -0.39 is 19.6 Å². The molecule has 1 radical (unpaired) electrons. The molecule has 7 nitrogen and oxygen atoms in total. The van der Waals surface area contributed by atoms with Crippen LogP contribution in [-0.4, -0.2) is 19.6 Å². The average Bonchev–Trinajstić information content (AvgIpc) is 1.25. The molecule has 0 fully saturated rings. The van der Waals surface area contributed by atoms with Crippen LogP contribution < -0.4 is 8.38 Å². The van der Waals surface area contributed by atoms with E-state index >= 15 is 0 Å². The molecule has 0 saturated heterocycles. The van der Waals surface area contributed by atoms with E-state index in [2.05, 4.69) is 0 Å². The molecule has 0 aromatic carbocycles. The smallest absolute Gasteiger partial charge is 3.00 e. The maximum Gasteiger partial charge on any atom is 3.00 e. The van der Waals surface area contributed by atoms with Crippen LogP contribution in [0.1, 0.15) is 0 Å². The first-order valence-corrected chi connectivity index (χ1v) is 3.15. The maximum atomic E-state index is 8.54. The molecule has 0 saturated carbocycles. The molecule has 0 amide bonds. The zero-order valence-corrected chi connectivity index (χ0v) is 7.64. The summed E-state index contributed by atoms with van der Waals surface area (Å²) in [5, 5.41) is 14.8. The fourth-order valence-corrected chi connectivity index (χ4v) is 0. The van der Waals surface area contributed by atoms with Gasteiger partial charge in [0, 0.05) is 0 Å². The maximum absolute atomic E-state index is 8.54. The standard InChI is InChI=1S/Gd.NO3.H2O3Se/c;2-1(3)4;1-4(2)3/h;;(H2,1,2,3)/q+3;-1;/p-2. The first-order chi connectivity index (χ1) is 3.46. The van der Waals surface area contributed by atoms with Gasteiger partial charge in [0.05, 0.1) is 5.09 Å². The summed E-state index contributed by atoms with van der Waals surface area (Å²) in [6.45, 7) is 0. The van der Waals surface area contributed by atoms with Crippen molar-refractivity contribution < 1.29 is 57.2 Å². The van der Waals surface area contributed by atoms with Gasteiger partial charge in [0.25, 0.3) is 0 Å². The zero-order valence-electron chi connectivity index (χ0n) is 3.66. The Hall–Kier alpha value is 0.764. The third kappa shape index (κ3) is 687. The molecular weight excluding hydrogens is 346 g/mol. The first-order valence-electron chi connectivity index (χ1n) is 1.05. The molecule has 0 atom stereocenters. The second-order valence-corrected chi connectivity index (χ2v) is 1.28. The molecule has 0 aromatic rings. The summed E-state index contributed by atoms with van der Waals surface area (Å²) >= 11 is -3.79. The van der Waals surface area contributed by atoms with Gasteiger partial charge in [-0.2, -0.15) is 0 Å². The molecule has 0 aliphatic heterocycles. The summed E-state index contributed by atoms with van der Waals surface area (Å²) in [6.07, 6.45) is 0. The van der Waals surface area contributed by atoms with Gasteiger partial charge in [-0.05, 0) is 0 Å². The van der Waals surface area contributed by atoms with Crippen molar-refractivity contribution >= 4 is 14.5 Å². The molecule has 0 aliphatic carbocycles. The Morgan fingerprint density at radius 3 is 1.22 bits per heavy atom. The molecule has 0 bridgehead atoms. The molecule has 9 heteroatoms. The van der Waals surface area contributed by atoms with Crippen LogP contribution in [0.15, 0.2) is 0 Å². The van der Waals surface area contributed by atoms with Crippen molar-refractivity contribution in [1.29, 1.82) is 0 Å². The minimum Gasteiger partial charge on any atom is 3.00 e. The molecule has 9 heavy (non-hydrogen) atoms. The van der Waals surface area contributed by atoms with Crippen LogP contribution in [0.2, 0.25) is 0 Å². The molecule has 0 heterocycles. The molecule has 0 N–H and O–H groups in total. The summed E-state index contributed by atoms with van der Waals surface area (Å²) < 4.78 is 25.6. The number of nitrogens with zero attached hydrogens (tertiary/aromatic N) is 1. The second-order valence-electron chi connectivity index (χ2n) is 0.428. The van der Waals surface area contributed by atoms with Gasteiger partial charge in [0.2, 0.25) is 0 Å². The summed E-state index contributed by atoms with van der Waals surface area (Å²) in [6, 6.07) is 0. The van der Waals surface area contributed by atoms with Gasteiger partial charge in [-0.25, -0.2) is 0 Å². The Balaban J connectivity index is -0.0000000720. The zero-order chi connectivity index (χ0) is 7.15. The number of rotatable bonds is 0. The van der Waals surface area contributed by atoms with Crippen molar-refractivity contribution in [3.8, 4) is 0 Å². The fraction of sp³-hybridized carbons (Fsp3) is 0. The van der Waals surface area contributed by atoms with Crippen LogP contribution in [0, 0.1) is 55.3 Å². The van der Waals surface area contributed by atoms with E-state index in [0.717, 1.165) is 0 Å². The van der Waals surface area contributed by atoms with E-state index in [4.69, 9.17) is 27.5 Å². The van der Waals surface area contributed by atoms with E-state index in [-0.39, 0.29) is 39.9 Å². The summed E-state index contributed by atoms with van der Waals surface area (Å²) in [5.41, 5.74) is 0. The Labute approximate surface area is 86.2 Å². The third-order valence-electron chi connectivity index (χ3n) is 0. The quantitative estimate of drug-likeness (QED) is 0.259. The van der Waals surface area contributed by atoms with Gasteiger partial charge in [0.15, 0.2) is 0 Å². The molecule has 55 valence electrons. The molecule has 0 aliphatic rings. The molecule has 0 spiro atoms. The fourth-order valence-electron chi connectivity index (χ4n) is 0.